The molecule has 0 unspecified atom stereocenters. The molecule has 0 saturated carbocycles. The van der Waals surface area contributed by atoms with E-state index in [1.807, 2.05) is 0 Å². The minimum absolute atomic E-state index is 0.377. The molecule has 4 nitrogen and oxygen atoms in total. The zero-order valence-corrected chi connectivity index (χ0v) is 15.3. The zero-order chi connectivity index (χ0) is 17.9. The van der Waals surface area contributed by atoms with Gasteiger partial charge in [0.25, 0.3) is 0 Å². The molecule has 0 aromatic heterocycles. The van der Waals surface area contributed by atoms with Gasteiger partial charge in [-0.15, -0.1) is 0 Å². The van der Waals surface area contributed by atoms with E-state index in [2.05, 4.69) is 27.7 Å². The molecule has 1 aromatic carbocycles. The summed E-state index contributed by atoms with van der Waals surface area (Å²) >= 11 is 0. The van der Waals surface area contributed by atoms with E-state index >= 15 is 0 Å². The molecule has 134 valence electrons. The van der Waals surface area contributed by atoms with Gasteiger partial charge in [-0.05, 0) is 30.0 Å². The zero-order valence-electron chi connectivity index (χ0n) is 15.3. The van der Waals surface area contributed by atoms with Crippen LogP contribution in [0, 0.1) is 11.8 Å². The Balaban J connectivity index is 2.65. The summed E-state index contributed by atoms with van der Waals surface area (Å²) in [6.45, 7) is 9.15. The molecule has 1 aromatic rings. The summed E-state index contributed by atoms with van der Waals surface area (Å²) < 4.78 is 10.7. The Morgan fingerprint density at radius 2 is 1.17 bits per heavy atom. The van der Waals surface area contributed by atoms with Crippen molar-refractivity contribution in [2.75, 3.05) is 13.2 Å². The molecular formula is C20H30O4. The van der Waals surface area contributed by atoms with Crippen molar-refractivity contribution in [2.45, 2.75) is 53.4 Å². The van der Waals surface area contributed by atoms with Crippen molar-refractivity contribution in [1.29, 1.82) is 0 Å². The first kappa shape index (κ1) is 20.2. The fourth-order valence-electron chi connectivity index (χ4n) is 2.38. The molecule has 0 aliphatic heterocycles. The van der Waals surface area contributed by atoms with Gasteiger partial charge >= 0.3 is 11.9 Å². The van der Waals surface area contributed by atoms with Crippen LogP contribution in [-0.4, -0.2) is 25.2 Å². The van der Waals surface area contributed by atoms with E-state index in [0.717, 1.165) is 25.7 Å². The molecule has 0 aliphatic rings. The molecule has 0 bridgehead atoms. The Morgan fingerprint density at radius 1 is 0.792 bits per heavy atom. The molecule has 0 aliphatic carbocycles. The molecule has 0 radical (unpaired) electrons. The van der Waals surface area contributed by atoms with Crippen LogP contribution < -0.4 is 0 Å². The molecule has 4 heteroatoms. The molecule has 0 fully saturated rings. The average Bonchev–Trinajstić information content (AvgIpc) is 2.63. The summed E-state index contributed by atoms with van der Waals surface area (Å²) in [5.41, 5.74) is 0.774. The van der Waals surface area contributed by atoms with Crippen LogP contribution >= 0.6 is 0 Å². The van der Waals surface area contributed by atoms with Gasteiger partial charge in [0, 0.05) is 0 Å². The number of rotatable bonds is 10. The van der Waals surface area contributed by atoms with Crippen LogP contribution in [0.15, 0.2) is 24.3 Å². The number of carbonyl (C=O) groups excluding carboxylic acids is 2. The van der Waals surface area contributed by atoms with E-state index in [9.17, 15) is 9.59 Å². The summed E-state index contributed by atoms with van der Waals surface area (Å²) in [6, 6.07) is 6.55. The lowest BCUT2D eigenvalue weighted by atomic mass is 10.1. The fraction of sp³-hybridized carbons (Fsp3) is 0.600. The van der Waals surface area contributed by atoms with Crippen LogP contribution in [0.4, 0.5) is 0 Å². The van der Waals surface area contributed by atoms with Gasteiger partial charge in [0.2, 0.25) is 0 Å². The van der Waals surface area contributed by atoms with E-state index in [1.165, 1.54) is 0 Å². The first-order chi connectivity index (χ1) is 11.5. The van der Waals surface area contributed by atoms with Gasteiger partial charge in [-0.2, -0.15) is 0 Å². The largest absolute Gasteiger partial charge is 0.462 e. The van der Waals surface area contributed by atoms with Crippen molar-refractivity contribution in [3.63, 3.8) is 0 Å². The third-order valence-electron chi connectivity index (χ3n) is 4.54. The van der Waals surface area contributed by atoms with Crippen molar-refractivity contribution in [2.24, 2.45) is 11.8 Å². The maximum absolute atomic E-state index is 12.1. The number of hydrogen-bond acceptors (Lipinski definition) is 4. The van der Waals surface area contributed by atoms with Gasteiger partial charge in [-0.25, -0.2) is 9.59 Å². The number of ether oxygens (including phenoxy) is 2. The Bertz CT molecular complexity index is 473. The van der Waals surface area contributed by atoms with Gasteiger partial charge in [-0.1, -0.05) is 59.4 Å². The van der Waals surface area contributed by atoms with Gasteiger partial charge in [0.15, 0.2) is 0 Å². The first-order valence-electron chi connectivity index (χ1n) is 8.99. The van der Waals surface area contributed by atoms with E-state index < -0.39 is 11.9 Å². The molecule has 0 atom stereocenters. The molecular weight excluding hydrogens is 304 g/mol. The average molecular weight is 334 g/mol. The molecule has 1 rings (SSSR count). The standard InChI is InChI=1S/C20H30O4/c1-5-15(6-2)13-23-19(21)17-10-9-11-18(12-17)20(22)24-14-16(7-3)8-4/h9-12,15-16H,5-8,13-14H2,1-4H3. The second-order valence-corrected chi connectivity index (χ2v) is 6.14. The van der Waals surface area contributed by atoms with Crippen LogP contribution in [0.3, 0.4) is 0 Å². The lowest BCUT2D eigenvalue weighted by molar-refractivity contribution is 0.0431. The topological polar surface area (TPSA) is 52.6 Å². The van der Waals surface area contributed by atoms with Crippen LogP contribution in [-0.2, 0) is 9.47 Å². The van der Waals surface area contributed by atoms with Crippen molar-refractivity contribution < 1.29 is 19.1 Å². The second kappa shape index (κ2) is 10.8. The highest BCUT2D eigenvalue weighted by Crippen LogP contribution is 2.13. The van der Waals surface area contributed by atoms with Gasteiger partial charge < -0.3 is 9.47 Å². The first-order valence-corrected chi connectivity index (χ1v) is 8.99. The van der Waals surface area contributed by atoms with Crippen molar-refractivity contribution in [3.8, 4) is 0 Å². The highest BCUT2D eigenvalue weighted by molar-refractivity contribution is 5.95. The number of benzene rings is 1. The maximum Gasteiger partial charge on any atom is 0.338 e. The molecule has 0 amide bonds. The quantitative estimate of drug-likeness (QED) is 0.573. The molecule has 0 N–H and O–H groups in total. The van der Waals surface area contributed by atoms with Crippen LogP contribution in [0.2, 0.25) is 0 Å². The number of esters is 2. The van der Waals surface area contributed by atoms with Crippen LogP contribution in [0.25, 0.3) is 0 Å². The lowest BCUT2D eigenvalue weighted by Gasteiger charge is -2.14. The summed E-state index contributed by atoms with van der Waals surface area (Å²) in [5.74, 6) is -0.0303. The number of carbonyl (C=O) groups is 2. The Hall–Kier alpha value is -1.84. The molecule has 0 spiro atoms. The second-order valence-electron chi connectivity index (χ2n) is 6.14. The predicted octanol–water partition coefficient (Wildman–Crippen LogP) is 4.87. The predicted molar refractivity (Wildman–Crippen MR) is 95.2 cm³/mol. The van der Waals surface area contributed by atoms with Crippen molar-refractivity contribution >= 4 is 11.9 Å². The highest BCUT2D eigenvalue weighted by atomic mass is 16.5. The Labute approximate surface area is 145 Å². The molecule has 24 heavy (non-hydrogen) atoms. The normalized spacial score (nSPS) is 10.9. The third kappa shape index (κ3) is 6.34. The minimum atomic E-state index is -0.392. The highest BCUT2D eigenvalue weighted by Gasteiger charge is 2.15. The van der Waals surface area contributed by atoms with E-state index in [4.69, 9.17) is 9.47 Å². The Kier molecular flexibility index (Phi) is 9.13. The smallest absolute Gasteiger partial charge is 0.338 e. The lowest BCUT2D eigenvalue weighted by Crippen LogP contribution is -2.15. The van der Waals surface area contributed by atoms with E-state index in [1.54, 1.807) is 24.3 Å². The number of hydrogen-bond donors (Lipinski definition) is 0. The van der Waals surface area contributed by atoms with Gasteiger partial charge in [0.05, 0.1) is 24.3 Å². The summed E-state index contributed by atoms with van der Waals surface area (Å²) in [4.78, 5) is 24.3. The molecule has 0 heterocycles. The van der Waals surface area contributed by atoms with Gasteiger partial charge in [-0.3, -0.25) is 0 Å². The monoisotopic (exact) mass is 334 g/mol. The van der Waals surface area contributed by atoms with E-state index in [-0.39, 0.29) is 0 Å². The third-order valence-corrected chi connectivity index (χ3v) is 4.54. The van der Waals surface area contributed by atoms with Crippen molar-refractivity contribution in [1.82, 2.24) is 0 Å². The van der Waals surface area contributed by atoms with Crippen LogP contribution in [0.1, 0.15) is 74.1 Å². The molecule has 0 saturated heterocycles. The van der Waals surface area contributed by atoms with Gasteiger partial charge in [0.1, 0.15) is 0 Å². The van der Waals surface area contributed by atoms with Crippen molar-refractivity contribution in [3.05, 3.63) is 35.4 Å². The SMILES string of the molecule is CCC(CC)COC(=O)c1cccc(C(=O)OCC(CC)CC)c1. The summed E-state index contributed by atoms with van der Waals surface area (Å²) in [6.07, 6.45) is 3.91. The maximum atomic E-state index is 12.1. The minimum Gasteiger partial charge on any atom is -0.462 e. The summed E-state index contributed by atoms with van der Waals surface area (Å²) in [5, 5.41) is 0. The fourth-order valence-corrected chi connectivity index (χ4v) is 2.38. The Morgan fingerprint density at radius 3 is 1.50 bits per heavy atom. The summed E-state index contributed by atoms with van der Waals surface area (Å²) in [7, 11) is 0. The van der Waals surface area contributed by atoms with Crippen LogP contribution in [0.5, 0.6) is 0 Å². The van der Waals surface area contributed by atoms with E-state index in [0.29, 0.717) is 36.2 Å².